The predicted octanol–water partition coefficient (Wildman–Crippen LogP) is 4.02. The van der Waals surface area contributed by atoms with E-state index in [1.807, 2.05) is 6.20 Å². The van der Waals surface area contributed by atoms with Crippen LogP contribution in [0.25, 0.3) is 11.0 Å². The van der Waals surface area contributed by atoms with Crippen molar-refractivity contribution in [3.63, 3.8) is 0 Å². The van der Waals surface area contributed by atoms with E-state index in [-0.39, 0.29) is 11.0 Å². The van der Waals surface area contributed by atoms with Crippen molar-refractivity contribution >= 4 is 11.0 Å². The number of aryl methyl sites for hydroxylation is 1. The quantitative estimate of drug-likeness (QED) is 0.682. The lowest BCUT2D eigenvalue weighted by molar-refractivity contribution is 0.407. The summed E-state index contributed by atoms with van der Waals surface area (Å²) in [5.41, 5.74) is 4.47. The van der Waals surface area contributed by atoms with E-state index in [9.17, 15) is 0 Å². The molecule has 2 nitrogen and oxygen atoms in total. The molecule has 1 aliphatic rings. The maximum Gasteiger partial charge on any atom is 0.140 e. The zero-order chi connectivity index (χ0) is 13.1. The molecule has 3 rings (SSSR count). The molecule has 1 aliphatic carbocycles. The molecule has 0 radical (unpaired) electrons. The van der Waals surface area contributed by atoms with Crippen molar-refractivity contribution in [3.8, 4) is 0 Å². The van der Waals surface area contributed by atoms with Gasteiger partial charge in [-0.25, -0.2) is 4.98 Å². The van der Waals surface area contributed by atoms with Crippen molar-refractivity contribution in [1.29, 1.82) is 0 Å². The van der Waals surface area contributed by atoms with Gasteiger partial charge >= 0.3 is 0 Å². The van der Waals surface area contributed by atoms with Crippen molar-refractivity contribution < 1.29 is 0 Å². The van der Waals surface area contributed by atoms with E-state index in [1.165, 1.54) is 29.4 Å². The molecule has 0 atom stereocenters. The van der Waals surface area contributed by atoms with Gasteiger partial charge in [0.25, 0.3) is 0 Å². The largest absolute Gasteiger partial charge is 0.327 e. The fourth-order valence-corrected chi connectivity index (χ4v) is 3.08. The third kappa shape index (κ3) is 1.51. The SMILES string of the molecule is CC1(C)CCc2cn(C(C)(C)C)c3nccc1c23. The van der Waals surface area contributed by atoms with Gasteiger partial charge < -0.3 is 4.57 Å². The van der Waals surface area contributed by atoms with Crippen molar-refractivity contribution in [1.82, 2.24) is 9.55 Å². The minimum atomic E-state index is 0.0939. The summed E-state index contributed by atoms with van der Waals surface area (Å²) in [7, 11) is 0. The van der Waals surface area contributed by atoms with Crippen LogP contribution in [0, 0.1) is 0 Å². The summed E-state index contributed by atoms with van der Waals surface area (Å²) in [6.07, 6.45) is 6.69. The molecule has 0 saturated carbocycles. The highest BCUT2D eigenvalue weighted by Gasteiger charge is 2.31. The van der Waals surface area contributed by atoms with Crippen molar-refractivity contribution in [2.75, 3.05) is 0 Å². The van der Waals surface area contributed by atoms with Gasteiger partial charge in [0, 0.05) is 23.3 Å². The van der Waals surface area contributed by atoms with Gasteiger partial charge in [0.1, 0.15) is 5.65 Å². The standard InChI is InChI=1S/C16H22N2/c1-15(2,3)18-10-11-6-8-16(4,5)12-7-9-17-14(18)13(11)12/h7,9-10H,6,8H2,1-5H3. The summed E-state index contributed by atoms with van der Waals surface area (Å²) in [5, 5.41) is 1.41. The Balaban J connectivity index is 2.40. The lowest BCUT2D eigenvalue weighted by Crippen LogP contribution is -2.22. The molecule has 0 bridgehead atoms. The van der Waals surface area contributed by atoms with Crippen molar-refractivity contribution in [2.24, 2.45) is 0 Å². The molecular formula is C16H22N2. The average molecular weight is 242 g/mol. The first-order chi connectivity index (χ1) is 8.31. The lowest BCUT2D eigenvalue weighted by Gasteiger charge is -2.30. The normalized spacial score (nSPS) is 18.3. The van der Waals surface area contributed by atoms with Gasteiger partial charge in [0.2, 0.25) is 0 Å². The number of pyridine rings is 1. The number of rotatable bonds is 0. The van der Waals surface area contributed by atoms with Gasteiger partial charge in [-0.1, -0.05) is 13.8 Å². The first kappa shape index (κ1) is 11.8. The number of nitrogens with zero attached hydrogens (tertiary/aromatic N) is 2. The second-order valence-corrected chi connectivity index (χ2v) is 7.14. The lowest BCUT2D eigenvalue weighted by atomic mass is 9.74. The van der Waals surface area contributed by atoms with Gasteiger partial charge in [-0.05, 0) is 56.2 Å². The molecule has 0 fully saturated rings. The van der Waals surface area contributed by atoms with Crippen LogP contribution in [0.2, 0.25) is 0 Å². The second-order valence-electron chi connectivity index (χ2n) is 7.14. The molecule has 0 amide bonds. The van der Waals surface area contributed by atoms with E-state index in [0.29, 0.717) is 0 Å². The van der Waals surface area contributed by atoms with E-state index < -0.39 is 0 Å². The van der Waals surface area contributed by atoms with Gasteiger partial charge in [-0.2, -0.15) is 0 Å². The second kappa shape index (κ2) is 3.37. The maximum atomic E-state index is 4.64. The van der Waals surface area contributed by atoms with Gasteiger partial charge in [0.15, 0.2) is 0 Å². The molecule has 96 valence electrons. The molecule has 0 aliphatic heterocycles. The first-order valence-electron chi connectivity index (χ1n) is 6.81. The Morgan fingerprint density at radius 1 is 1.28 bits per heavy atom. The molecule has 18 heavy (non-hydrogen) atoms. The third-order valence-electron chi connectivity index (χ3n) is 4.24. The molecule has 2 aromatic heterocycles. The molecule has 2 heterocycles. The molecular weight excluding hydrogens is 220 g/mol. The minimum Gasteiger partial charge on any atom is -0.327 e. The predicted molar refractivity (Wildman–Crippen MR) is 76.1 cm³/mol. The Morgan fingerprint density at radius 3 is 2.67 bits per heavy atom. The number of hydrogen-bond acceptors (Lipinski definition) is 1. The van der Waals surface area contributed by atoms with E-state index in [1.54, 1.807) is 0 Å². The van der Waals surface area contributed by atoms with Crippen LogP contribution >= 0.6 is 0 Å². The topological polar surface area (TPSA) is 17.8 Å². The van der Waals surface area contributed by atoms with Gasteiger partial charge in [-0.3, -0.25) is 0 Å². The summed E-state index contributed by atoms with van der Waals surface area (Å²) in [5.74, 6) is 0. The molecule has 0 saturated heterocycles. The van der Waals surface area contributed by atoms with Crippen molar-refractivity contribution in [3.05, 3.63) is 29.6 Å². The highest BCUT2D eigenvalue weighted by Crippen LogP contribution is 2.41. The van der Waals surface area contributed by atoms with E-state index in [2.05, 4.69) is 56.4 Å². The molecule has 0 unspecified atom stereocenters. The Morgan fingerprint density at radius 2 is 2.00 bits per heavy atom. The smallest absolute Gasteiger partial charge is 0.140 e. The highest BCUT2D eigenvalue weighted by atomic mass is 15.1. The zero-order valence-electron chi connectivity index (χ0n) is 12.0. The first-order valence-corrected chi connectivity index (χ1v) is 6.81. The Kier molecular flexibility index (Phi) is 2.20. The maximum absolute atomic E-state index is 4.64. The van der Waals surface area contributed by atoms with Crippen LogP contribution in [0.3, 0.4) is 0 Å². The molecule has 2 heteroatoms. The average Bonchev–Trinajstić information content (AvgIpc) is 2.64. The summed E-state index contributed by atoms with van der Waals surface area (Å²) in [4.78, 5) is 4.64. The van der Waals surface area contributed by atoms with Crippen LogP contribution < -0.4 is 0 Å². The van der Waals surface area contributed by atoms with E-state index >= 15 is 0 Å². The summed E-state index contributed by atoms with van der Waals surface area (Å²) in [6.45, 7) is 11.4. The Bertz CT molecular complexity index is 612. The summed E-state index contributed by atoms with van der Waals surface area (Å²) in [6, 6.07) is 2.21. The number of hydrogen-bond donors (Lipinski definition) is 0. The molecule has 0 aromatic carbocycles. The van der Waals surface area contributed by atoms with Gasteiger partial charge in [-0.15, -0.1) is 0 Å². The molecule has 0 spiro atoms. The van der Waals surface area contributed by atoms with E-state index in [0.717, 1.165) is 5.65 Å². The summed E-state index contributed by atoms with van der Waals surface area (Å²) >= 11 is 0. The highest BCUT2D eigenvalue weighted by molar-refractivity contribution is 5.86. The Hall–Kier alpha value is -1.31. The van der Waals surface area contributed by atoms with Crippen molar-refractivity contribution in [2.45, 2.75) is 58.4 Å². The molecule has 0 N–H and O–H groups in total. The van der Waals surface area contributed by atoms with Crippen LogP contribution in [0.15, 0.2) is 18.5 Å². The van der Waals surface area contributed by atoms with Gasteiger partial charge in [0.05, 0.1) is 0 Å². The monoisotopic (exact) mass is 242 g/mol. The third-order valence-corrected chi connectivity index (χ3v) is 4.24. The van der Waals surface area contributed by atoms with Crippen LogP contribution in [0.1, 0.15) is 52.2 Å². The minimum absolute atomic E-state index is 0.0939. The van der Waals surface area contributed by atoms with E-state index in [4.69, 9.17) is 0 Å². The molecule has 2 aromatic rings. The summed E-state index contributed by atoms with van der Waals surface area (Å²) < 4.78 is 2.34. The zero-order valence-corrected chi connectivity index (χ0v) is 12.0. The van der Waals surface area contributed by atoms with Crippen LogP contribution in [-0.2, 0) is 17.4 Å². The van der Waals surface area contributed by atoms with Crippen LogP contribution in [-0.4, -0.2) is 9.55 Å². The number of aromatic nitrogens is 2. The fraction of sp³-hybridized carbons (Fsp3) is 0.562. The van der Waals surface area contributed by atoms with Crippen LogP contribution in [0.5, 0.6) is 0 Å². The fourth-order valence-electron chi connectivity index (χ4n) is 3.08. The van der Waals surface area contributed by atoms with Crippen LogP contribution in [0.4, 0.5) is 0 Å². The Labute approximate surface area is 109 Å².